The van der Waals surface area contributed by atoms with E-state index in [2.05, 4.69) is 17.7 Å². The summed E-state index contributed by atoms with van der Waals surface area (Å²) in [5, 5.41) is 7.34. The van der Waals surface area contributed by atoms with Crippen LogP contribution in [0.3, 0.4) is 0 Å². The van der Waals surface area contributed by atoms with Crippen molar-refractivity contribution in [2.45, 2.75) is 76.7 Å². The summed E-state index contributed by atoms with van der Waals surface area (Å²) in [6, 6.07) is 0.850. The fourth-order valence-electron chi connectivity index (χ4n) is 5.50. The predicted octanol–water partition coefficient (Wildman–Crippen LogP) is 3.96. The quantitative estimate of drug-likeness (QED) is 0.801. The molecule has 122 valence electrons. The summed E-state index contributed by atoms with van der Waals surface area (Å²) < 4.78 is 0. The minimum Gasteiger partial charge on any atom is -0.319 e. The third-order valence-corrected chi connectivity index (χ3v) is 6.69. The van der Waals surface area contributed by atoms with Crippen LogP contribution in [0.1, 0.15) is 70.6 Å². The van der Waals surface area contributed by atoms with Gasteiger partial charge in [-0.2, -0.15) is 0 Å². The Labute approximate surface area is 131 Å². The van der Waals surface area contributed by atoms with Crippen molar-refractivity contribution in [3.63, 3.8) is 0 Å². The number of piperidine rings is 1. The normalized spacial score (nSPS) is 36.1. The molecule has 4 unspecified atom stereocenters. The molecule has 0 bridgehead atoms. The first kappa shape index (κ1) is 15.8. The van der Waals surface area contributed by atoms with Crippen LogP contribution in [0, 0.1) is 23.7 Å². The molecular weight excluding hydrogens is 256 g/mol. The summed E-state index contributed by atoms with van der Waals surface area (Å²) in [6.45, 7) is 2.52. The summed E-state index contributed by atoms with van der Waals surface area (Å²) in [6.07, 6.45) is 16.4. The highest BCUT2D eigenvalue weighted by Gasteiger charge is 2.35. The molecule has 3 rings (SSSR count). The molecular formula is C19H36N2. The van der Waals surface area contributed by atoms with Crippen LogP contribution in [0.4, 0.5) is 0 Å². The lowest BCUT2D eigenvalue weighted by Gasteiger charge is -2.43. The molecule has 2 aliphatic carbocycles. The van der Waals surface area contributed by atoms with Gasteiger partial charge in [0.15, 0.2) is 0 Å². The zero-order chi connectivity index (χ0) is 14.5. The highest BCUT2D eigenvalue weighted by molar-refractivity contribution is 4.91. The Morgan fingerprint density at radius 3 is 2.67 bits per heavy atom. The Morgan fingerprint density at radius 1 is 1.00 bits per heavy atom. The van der Waals surface area contributed by atoms with Crippen LogP contribution in [0.15, 0.2) is 0 Å². The Morgan fingerprint density at radius 2 is 1.86 bits per heavy atom. The molecule has 1 heterocycles. The van der Waals surface area contributed by atoms with Crippen molar-refractivity contribution >= 4 is 0 Å². The van der Waals surface area contributed by atoms with E-state index in [4.69, 9.17) is 0 Å². The lowest BCUT2D eigenvalue weighted by molar-refractivity contribution is 0.114. The van der Waals surface area contributed by atoms with E-state index in [9.17, 15) is 0 Å². The van der Waals surface area contributed by atoms with Gasteiger partial charge >= 0.3 is 0 Å². The smallest absolute Gasteiger partial charge is 0.00980 e. The van der Waals surface area contributed by atoms with Crippen LogP contribution in [-0.4, -0.2) is 26.2 Å². The molecule has 0 aromatic heterocycles. The molecule has 21 heavy (non-hydrogen) atoms. The van der Waals surface area contributed by atoms with E-state index in [-0.39, 0.29) is 0 Å². The molecule has 3 aliphatic rings. The zero-order valence-corrected chi connectivity index (χ0v) is 14.1. The Kier molecular flexibility index (Phi) is 5.99. The number of nitrogens with one attached hydrogen (secondary N) is 2. The fourth-order valence-corrected chi connectivity index (χ4v) is 5.50. The van der Waals surface area contributed by atoms with E-state index in [0.717, 1.165) is 29.7 Å². The third-order valence-electron chi connectivity index (χ3n) is 6.69. The van der Waals surface area contributed by atoms with E-state index in [1.54, 1.807) is 0 Å². The molecule has 0 radical (unpaired) electrons. The van der Waals surface area contributed by atoms with Gasteiger partial charge in [0, 0.05) is 6.04 Å². The van der Waals surface area contributed by atoms with Crippen LogP contribution >= 0.6 is 0 Å². The van der Waals surface area contributed by atoms with E-state index in [1.165, 1.54) is 83.7 Å². The van der Waals surface area contributed by atoms with Gasteiger partial charge in [0.05, 0.1) is 0 Å². The van der Waals surface area contributed by atoms with Crippen LogP contribution in [0.5, 0.6) is 0 Å². The number of rotatable bonds is 5. The molecule has 2 N–H and O–H groups in total. The van der Waals surface area contributed by atoms with E-state index in [0.29, 0.717) is 0 Å². The maximum atomic E-state index is 3.83. The zero-order valence-electron chi connectivity index (χ0n) is 14.1. The van der Waals surface area contributed by atoms with Gasteiger partial charge in [0.2, 0.25) is 0 Å². The maximum Gasteiger partial charge on any atom is 0.00980 e. The maximum absolute atomic E-state index is 3.83. The molecule has 3 fully saturated rings. The van der Waals surface area contributed by atoms with Gasteiger partial charge in [-0.1, -0.05) is 32.1 Å². The Balaban J connectivity index is 1.55. The van der Waals surface area contributed by atoms with Gasteiger partial charge in [0.1, 0.15) is 0 Å². The second kappa shape index (κ2) is 7.97. The molecule has 4 atom stereocenters. The highest BCUT2D eigenvalue weighted by Crippen LogP contribution is 2.40. The van der Waals surface area contributed by atoms with Crippen LogP contribution in [-0.2, 0) is 0 Å². The predicted molar refractivity (Wildman–Crippen MR) is 90.5 cm³/mol. The largest absolute Gasteiger partial charge is 0.319 e. The van der Waals surface area contributed by atoms with Crippen molar-refractivity contribution in [2.75, 3.05) is 20.1 Å². The van der Waals surface area contributed by atoms with Crippen molar-refractivity contribution < 1.29 is 0 Å². The second-order valence-corrected chi connectivity index (χ2v) is 8.09. The van der Waals surface area contributed by atoms with E-state index in [1.807, 2.05) is 0 Å². The summed E-state index contributed by atoms with van der Waals surface area (Å²) in [5.74, 6) is 3.95. The van der Waals surface area contributed by atoms with E-state index < -0.39 is 0 Å². The molecule has 1 aliphatic heterocycles. The number of hydrogen-bond donors (Lipinski definition) is 2. The number of fused-ring (bicyclic) bond motifs is 1. The third kappa shape index (κ3) is 4.22. The first-order valence-electron chi connectivity index (χ1n) is 9.74. The first-order chi connectivity index (χ1) is 10.4. The second-order valence-electron chi connectivity index (χ2n) is 8.09. The lowest BCUT2D eigenvalue weighted by Crippen LogP contribution is -2.47. The monoisotopic (exact) mass is 292 g/mol. The fraction of sp³-hybridized carbons (Fsp3) is 1.00. The van der Waals surface area contributed by atoms with Gasteiger partial charge in [-0.05, 0) is 82.3 Å². The minimum absolute atomic E-state index is 0.850. The Hall–Kier alpha value is -0.0800. The lowest BCUT2D eigenvalue weighted by atomic mass is 9.68. The molecule has 0 aromatic carbocycles. The van der Waals surface area contributed by atoms with Crippen molar-refractivity contribution in [2.24, 2.45) is 23.7 Å². The average Bonchev–Trinajstić information content (AvgIpc) is 2.55. The average molecular weight is 293 g/mol. The topological polar surface area (TPSA) is 24.1 Å². The first-order valence-corrected chi connectivity index (χ1v) is 9.74. The van der Waals surface area contributed by atoms with Crippen LogP contribution in [0.25, 0.3) is 0 Å². The molecule has 1 saturated heterocycles. The van der Waals surface area contributed by atoms with Gasteiger partial charge in [-0.25, -0.2) is 0 Å². The van der Waals surface area contributed by atoms with Crippen LogP contribution in [0.2, 0.25) is 0 Å². The summed E-state index contributed by atoms with van der Waals surface area (Å²) in [5.41, 5.74) is 0. The summed E-state index contributed by atoms with van der Waals surface area (Å²) in [4.78, 5) is 0. The van der Waals surface area contributed by atoms with Crippen molar-refractivity contribution in [3.8, 4) is 0 Å². The van der Waals surface area contributed by atoms with Gasteiger partial charge in [-0.15, -0.1) is 0 Å². The van der Waals surface area contributed by atoms with Gasteiger partial charge in [0.25, 0.3) is 0 Å². The highest BCUT2D eigenvalue weighted by atomic mass is 14.9. The van der Waals surface area contributed by atoms with Crippen molar-refractivity contribution in [1.82, 2.24) is 10.6 Å². The minimum atomic E-state index is 0.850. The Bertz CT molecular complexity index is 298. The summed E-state index contributed by atoms with van der Waals surface area (Å²) in [7, 11) is 2.15. The summed E-state index contributed by atoms with van der Waals surface area (Å²) >= 11 is 0. The number of hydrogen-bond acceptors (Lipinski definition) is 2. The molecule has 0 spiro atoms. The standard InChI is InChI=1S/C19H36N2/c1-20-14-18(12-15-6-3-2-4-7-15)17-10-9-16-8-5-11-21-19(16)13-17/h15-21H,2-14H2,1H3. The molecule has 0 aromatic rings. The van der Waals surface area contributed by atoms with Gasteiger partial charge in [-0.3, -0.25) is 0 Å². The van der Waals surface area contributed by atoms with Gasteiger partial charge < -0.3 is 10.6 Å². The molecule has 0 amide bonds. The van der Waals surface area contributed by atoms with Crippen molar-refractivity contribution in [1.29, 1.82) is 0 Å². The van der Waals surface area contributed by atoms with E-state index >= 15 is 0 Å². The molecule has 2 saturated carbocycles. The van der Waals surface area contributed by atoms with Crippen molar-refractivity contribution in [3.05, 3.63) is 0 Å². The molecule has 2 nitrogen and oxygen atoms in total. The molecule has 2 heteroatoms. The SMILES string of the molecule is CNCC(CC1CCCCC1)C1CCC2CCCNC2C1. The van der Waals surface area contributed by atoms with Crippen LogP contribution < -0.4 is 10.6 Å².